The minimum atomic E-state index is -0.403. The largest absolute Gasteiger partial charge is 0.310 e. The van der Waals surface area contributed by atoms with Crippen LogP contribution in [0.5, 0.6) is 0 Å². The maximum absolute atomic E-state index is 9.65. The third kappa shape index (κ3) is 7.51. The Morgan fingerprint density at radius 1 is 0.387 bits per heavy atom. The van der Waals surface area contributed by atoms with Gasteiger partial charge in [0.2, 0.25) is 0 Å². The molecular formula is C88H75BN4. The predicted octanol–water partition coefficient (Wildman–Crippen LogP) is 21.4. The van der Waals surface area contributed by atoms with Gasteiger partial charge in [0, 0.05) is 76.3 Å². The number of hydrogen-bond acceptors (Lipinski definition) is 0. The SMILES string of the molecule is [2H]c1c([2H])c([2H])c(-c2cc3c4c(c2)c2cc(C(C)(C)C)ccc2n4-c2cc4c(c5c2B3c2cc(C(C)(C)C)cc3c6cc(-n7c8ccc(C(C)(C)C)cc8c8cc(C(C)(C)C)ccc87)ccc6n-5c23)c2cccc3c5ccccc5c5c(c6ccccc6n4c32)CCC=C5)c([2H])c1[2H]. The van der Waals surface area contributed by atoms with Gasteiger partial charge in [-0.3, -0.25) is 0 Å². The molecule has 0 amide bonds. The Kier molecular flexibility index (Phi) is 9.90. The summed E-state index contributed by atoms with van der Waals surface area (Å²) in [4.78, 5) is 0. The Labute approximate surface area is 550 Å². The van der Waals surface area contributed by atoms with E-state index in [9.17, 15) is 2.74 Å². The first-order chi connectivity index (χ1) is 46.8. The van der Waals surface area contributed by atoms with Gasteiger partial charge in [-0.2, -0.15) is 0 Å². The average Bonchev–Trinajstić information content (AvgIpc) is 1.62. The number of nitrogens with zero attached hydrogens (tertiary/aromatic N) is 4. The average molecular weight is 1200 g/mol. The highest BCUT2D eigenvalue weighted by Gasteiger charge is 2.44. The molecule has 450 valence electrons. The molecule has 19 rings (SSSR count). The van der Waals surface area contributed by atoms with Crippen LogP contribution < -0.4 is 16.4 Å². The molecule has 2 aliphatic heterocycles. The molecule has 0 spiro atoms. The van der Waals surface area contributed by atoms with Crippen LogP contribution in [0, 0.1) is 0 Å². The third-order valence-electron chi connectivity index (χ3n) is 21.6. The Hall–Kier alpha value is -9.84. The quantitative estimate of drug-likeness (QED) is 0.154. The molecule has 0 bridgehead atoms. The topological polar surface area (TPSA) is 19.2 Å². The number of allylic oxidation sites excluding steroid dienone is 1. The summed E-state index contributed by atoms with van der Waals surface area (Å²) < 4.78 is 56.7. The molecule has 11 aromatic carbocycles. The lowest BCUT2D eigenvalue weighted by Gasteiger charge is -2.35. The highest BCUT2D eigenvalue weighted by atomic mass is 15.1. The summed E-state index contributed by atoms with van der Waals surface area (Å²) in [6.45, 7) is 27.2. The van der Waals surface area contributed by atoms with Gasteiger partial charge in [0.1, 0.15) is 0 Å². The molecule has 0 N–H and O–H groups in total. The normalized spacial score (nSPS) is 14.8. The van der Waals surface area contributed by atoms with Gasteiger partial charge in [0.25, 0.3) is 6.71 Å². The zero-order chi connectivity index (χ0) is 67.6. The molecule has 0 saturated heterocycles. The zero-order valence-corrected chi connectivity index (χ0v) is 55.1. The van der Waals surface area contributed by atoms with Crippen LogP contribution in [-0.4, -0.2) is 24.8 Å². The molecule has 7 heterocycles. The minimum Gasteiger partial charge on any atom is -0.310 e. The van der Waals surface area contributed by atoms with Crippen molar-refractivity contribution in [3.63, 3.8) is 0 Å². The van der Waals surface area contributed by atoms with E-state index in [1.807, 2.05) is 0 Å². The molecule has 0 saturated carbocycles. The number of aromatic nitrogens is 4. The van der Waals surface area contributed by atoms with Crippen molar-refractivity contribution >= 4 is 143 Å². The van der Waals surface area contributed by atoms with Crippen LogP contribution in [0.1, 0.15) is 130 Å². The van der Waals surface area contributed by atoms with Crippen LogP contribution in [0.15, 0.2) is 206 Å². The van der Waals surface area contributed by atoms with Crippen molar-refractivity contribution in [2.24, 2.45) is 0 Å². The number of rotatable bonds is 2. The van der Waals surface area contributed by atoms with Crippen molar-refractivity contribution in [2.75, 3.05) is 0 Å². The van der Waals surface area contributed by atoms with E-state index in [0.717, 1.165) is 101 Å². The fourth-order valence-electron chi connectivity index (χ4n) is 17.0. The predicted molar refractivity (Wildman–Crippen MR) is 401 cm³/mol. The van der Waals surface area contributed by atoms with Crippen molar-refractivity contribution in [3.8, 4) is 28.2 Å². The molecule has 0 unspecified atom stereocenters. The van der Waals surface area contributed by atoms with Gasteiger partial charge in [-0.05, 0) is 185 Å². The highest BCUT2D eigenvalue weighted by molar-refractivity contribution is 7.00. The van der Waals surface area contributed by atoms with Gasteiger partial charge < -0.3 is 18.1 Å². The summed E-state index contributed by atoms with van der Waals surface area (Å²) >= 11 is 0. The molecular weight excluding hydrogens is 1120 g/mol. The summed E-state index contributed by atoms with van der Waals surface area (Å²) in [6.07, 6.45) is 6.58. The van der Waals surface area contributed by atoms with Gasteiger partial charge in [0.05, 0.1) is 51.2 Å². The third-order valence-corrected chi connectivity index (χ3v) is 21.6. The van der Waals surface area contributed by atoms with Crippen LogP contribution in [-0.2, 0) is 28.1 Å². The molecule has 0 radical (unpaired) electrons. The Morgan fingerprint density at radius 3 is 1.60 bits per heavy atom. The van der Waals surface area contributed by atoms with Crippen LogP contribution in [0.2, 0.25) is 0 Å². The van der Waals surface area contributed by atoms with Gasteiger partial charge in [-0.15, -0.1) is 0 Å². The van der Waals surface area contributed by atoms with Crippen LogP contribution in [0.25, 0.3) is 149 Å². The Balaban J connectivity index is 1.05. The van der Waals surface area contributed by atoms with Crippen LogP contribution >= 0.6 is 0 Å². The van der Waals surface area contributed by atoms with Gasteiger partial charge in [0.15, 0.2) is 0 Å². The van der Waals surface area contributed by atoms with E-state index in [4.69, 9.17) is 4.11 Å². The summed E-state index contributed by atoms with van der Waals surface area (Å²) in [5, 5.41) is 14.0. The maximum atomic E-state index is 9.65. The zero-order valence-electron chi connectivity index (χ0n) is 60.1. The second-order valence-electron chi connectivity index (χ2n) is 31.2. The van der Waals surface area contributed by atoms with Crippen molar-refractivity contribution in [2.45, 2.75) is 118 Å². The number of fused-ring (bicyclic) bond motifs is 24. The Morgan fingerprint density at radius 2 is 0.925 bits per heavy atom. The molecule has 5 heteroatoms. The van der Waals surface area contributed by atoms with E-state index in [1.54, 1.807) is 0 Å². The number of aryl methyl sites for hydroxylation is 1. The number of para-hydroxylation sites is 2. The lowest BCUT2D eigenvalue weighted by atomic mass is 9.34. The van der Waals surface area contributed by atoms with Crippen LogP contribution in [0.3, 0.4) is 0 Å². The van der Waals surface area contributed by atoms with Crippen molar-refractivity contribution in [1.82, 2.24) is 18.1 Å². The molecule has 0 fully saturated rings. The minimum absolute atomic E-state index is 0.0513. The van der Waals surface area contributed by atoms with Crippen LogP contribution in [0.4, 0.5) is 0 Å². The summed E-state index contributed by atoms with van der Waals surface area (Å²) in [5.41, 5.74) is 24.6. The maximum Gasteiger partial charge on any atom is 0.252 e. The summed E-state index contributed by atoms with van der Waals surface area (Å²) in [7, 11) is 0. The van der Waals surface area contributed by atoms with E-state index in [-0.39, 0.29) is 51.4 Å². The monoisotopic (exact) mass is 1200 g/mol. The lowest BCUT2D eigenvalue weighted by Crippen LogP contribution is -2.59. The fourth-order valence-corrected chi connectivity index (χ4v) is 17.0. The summed E-state index contributed by atoms with van der Waals surface area (Å²) in [6, 6.07) is 63.9. The van der Waals surface area contributed by atoms with E-state index < -0.39 is 12.8 Å². The summed E-state index contributed by atoms with van der Waals surface area (Å²) in [5.74, 6) is 0. The van der Waals surface area contributed by atoms with E-state index in [2.05, 4.69) is 283 Å². The fraction of sp³-hybridized carbons (Fsp3) is 0.205. The second-order valence-corrected chi connectivity index (χ2v) is 31.2. The first kappa shape index (κ1) is 49.8. The first-order valence-corrected chi connectivity index (χ1v) is 33.4. The van der Waals surface area contributed by atoms with Crippen molar-refractivity contribution < 1.29 is 6.85 Å². The molecule has 4 nitrogen and oxygen atoms in total. The standard InChI is InChI=1S/C88H75BN4/c1-85(2,3)52-33-37-73-64(43-52)65-44-53(86(4,5)6)34-38-74(65)90(73)56-36-40-76-67(48-56)69-46-55(88(10,11)12)47-71-83(69)93(76)84-79-63-31-22-30-62-60-28-19-17-26-58(60)57-25-16-18-27-59(57)61-29-20-21-32-72(61)91(81(62)63)77(79)49-78-80(84)89(71)70-42-51(50-23-14-13-15-24-50)41-68-66-45-54(87(7,8)9)35-39-75(66)92(78)82(68)70/h13-17,19-26,28-49H,18,27H2,1-12H3/i13D,14D,15D,23D,24D. The van der Waals surface area contributed by atoms with Gasteiger partial charge in [-0.25, -0.2) is 0 Å². The van der Waals surface area contributed by atoms with Crippen molar-refractivity contribution in [3.05, 3.63) is 240 Å². The Bertz CT molecular complexity index is 6370. The second kappa shape index (κ2) is 18.5. The van der Waals surface area contributed by atoms with Gasteiger partial charge in [-0.1, -0.05) is 216 Å². The van der Waals surface area contributed by atoms with E-state index >= 15 is 0 Å². The molecule has 93 heavy (non-hydrogen) atoms. The lowest BCUT2D eigenvalue weighted by molar-refractivity contribution is 0.590. The molecule has 3 aliphatic rings. The molecule has 0 atom stereocenters. The first-order valence-electron chi connectivity index (χ1n) is 35.9. The number of benzene rings is 11. The van der Waals surface area contributed by atoms with Crippen molar-refractivity contribution in [1.29, 1.82) is 0 Å². The molecule has 1 aliphatic carbocycles. The molecule has 16 aromatic rings. The number of hydrogen-bond donors (Lipinski definition) is 0. The smallest absolute Gasteiger partial charge is 0.252 e. The van der Waals surface area contributed by atoms with Gasteiger partial charge >= 0.3 is 0 Å². The van der Waals surface area contributed by atoms with E-state index in [0.29, 0.717) is 5.56 Å². The molecule has 5 aromatic heterocycles. The van der Waals surface area contributed by atoms with E-state index in [1.165, 1.54) is 93.0 Å². The highest BCUT2D eigenvalue weighted by Crippen LogP contribution is 2.49.